The highest BCUT2D eigenvalue weighted by Crippen LogP contribution is 2.50. The van der Waals surface area contributed by atoms with Crippen LogP contribution in [0.5, 0.6) is 0 Å². The van der Waals surface area contributed by atoms with Crippen molar-refractivity contribution < 1.29 is 0 Å². The van der Waals surface area contributed by atoms with E-state index in [4.69, 9.17) is 0 Å². The van der Waals surface area contributed by atoms with Crippen LogP contribution in [0.1, 0.15) is 25.0 Å². The van der Waals surface area contributed by atoms with E-state index in [9.17, 15) is 0 Å². The molecule has 0 radical (unpaired) electrons. The Labute approximate surface area is 340 Å². The summed E-state index contributed by atoms with van der Waals surface area (Å²) < 4.78 is 0. The lowest BCUT2D eigenvalue weighted by molar-refractivity contribution is 0.660. The van der Waals surface area contributed by atoms with Gasteiger partial charge in [0.1, 0.15) is 0 Å². The maximum atomic E-state index is 2.43. The number of fused-ring (bicyclic) bond motifs is 7. The van der Waals surface area contributed by atoms with Gasteiger partial charge in [-0.05, 0) is 119 Å². The van der Waals surface area contributed by atoms with Crippen LogP contribution < -0.4 is 4.90 Å². The molecule has 0 saturated heterocycles. The molecule has 0 aromatic heterocycles. The summed E-state index contributed by atoms with van der Waals surface area (Å²) in [5, 5.41) is 7.46. The zero-order chi connectivity index (χ0) is 38.8. The van der Waals surface area contributed by atoms with Gasteiger partial charge in [0, 0.05) is 22.2 Å². The molecular weight excluding hydrogens is 699 g/mol. The van der Waals surface area contributed by atoms with Crippen molar-refractivity contribution in [3.63, 3.8) is 0 Å². The van der Waals surface area contributed by atoms with Gasteiger partial charge in [0.05, 0.1) is 5.69 Å². The lowest BCUT2D eigenvalue weighted by atomic mass is 9.81. The quantitative estimate of drug-likeness (QED) is 0.154. The Kier molecular flexibility index (Phi) is 7.91. The monoisotopic (exact) mass is 739 g/mol. The van der Waals surface area contributed by atoms with Gasteiger partial charge in [-0.25, -0.2) is 0 Å². The van der Waals surface area contributed by atoms with Crippen LogP contribution in [0.2, 0.25) is 0 Å². The molecule has 0 fully saturated rings. The fourth-order valence-electron chi connectivity index (χ4n) is 9.55. The second-order valence-corrected chi connectivity index (χ2v) is 16.1. The number of benzene rings is 10. The van der Waals surface area contributed by atoms with E-state index < -0.39 is 0 Å². The molecule has 0 N–H and O–H groups in total. The highest BCUT2D eigenvalue weighted by Gasteiger charge is 2.35. The fourth-order valence-corrected chi connectivity index (χ4v) is 9.55. The summed E-state index contributed by atoms with van der Waals surface area (Å²) in [6, 6.07) is 78.2. The molecule has 1 aliphatic carbocycles. The average Bonchev–Trinajstić information content (AvgIpc) is 3.52. The van der Waals surface area contributed by atoms with E-state index in [1.165, 1.54) is 88.0 Å². The molecule has 1 aliphatic rings. The zero-order valence-electron chi connectivity index (χ0n) is 32.7. The molecular formula is C57H41N. The van der Waals surface area contributed by atoms with E-state index in [0.717, 1.165) is 17.1 Å². The van der Waals surface area contributed by atoms with Gasteiger partial charge in [0.15, 0.2) is 0 Å². The molecule has 58 heavy (non-hydrogen) atoms. The van der Waals surface area contributed by atoms with Crippen LogP contribution in [-0.4, -0.2) is 0 Å². The lowest BCUT2D eigenvalue weighted by Crippen LogP contribution is -2.14. The topological polar surface area (TPSA) is 3.24 Å². The number of rotatable bonds is 6. The van der Waals surface area contributed by atoms with Crippen LogP contribution in [-0.2, 0) is 5.41 Å². The largest absolute Gasteiger partial charge is 0.310 e. The van der Waals surface area contributed by atoms with E-state index >= 15 is 0 Å². The summed E-state index contributed by atoms with van der Waals surface area (Å²) in [4.78, 5) is 2.43. The SMILES string of the molecule is CC1(C)c2ccccc2-c2ccc(-c3ccc(N(c4ccc(-c5ccc6ccccc6c5-c5ccccc5)cc4)c4cc5ccccc5c5ccccc45)cc3)cc21. The third-order valence-corrected chi connectivity index (χ3v) is 12.5. The first-order chi connectivity index (χ1) is 28.5. The van der Waals surface area contributed by atoms with Crippen molar-refractivity contribution in [2.75, 3.05) is 4.90 Å². The van der Waals surface area contributed by atoms with Crippen LogP contribution in [0.3, 0.4) is 0 Å². The molecule has 1 heteroatoms. The van der Waals surface area contributed by atoms with Gasteiger partial charge in [0.25, 0.3) is 0 Å². The van der Waals surface area contributed by atoms with Gasteiger partial charge in [-0.1, -0.05) is 190 Å². The molecule has 0 unspecified atom stereocenters. The smallest absolute Gasteiger partial charge is 0.0546 e. The Morgan fingerprint density at radius 3 is 1.64 bits per heavy atom. The zero-order valence-corrected chi connectivity index (χ0v) is 32.7. The van der Waals surface area contributed by atoms with Crippen LogP contribution in [0.25, 0.3) is 76.8 Å². The van der Waals surface area contributed by atoms with Crippen LogP contribution >= 0.6 is 0 Å². The van der Waals surface area contributed by atoms with Gasteiger partial charge in [-0.3, -0.25) is 0 Å². The van der Waals surface area contributed by atoms with Crippen molar-refractivity contribution in [1.29, 1.82) is 0 Å². The number of hydrogen-bond donors (Lipinski definition) is 0. The van der Waals surface area contributed by atoms with Crippen molar-refractivity contribution in [2.45, 2.75) is 19.3 Å². The second-order valence-electron chi connectivity index (χ2n) is 16.1. The van der Waals surface area contributed by atoms with Crippen molar-refractivity contribution in [2.24, 2.45) is 0 Å². The Bertz CT molecular complexity index is 3170. The molecule has 0 amide bonds. The lowest BCUT2D eigenvalue weighted by Gasteiger charge is -2.28. The maximum absolute atomic E-state index is 2.43. The third-order valence-electron chi connectivity index (χ3n) is 12.5. The predicted molar refractivity (Wildman–Crippen MR) is 248 cm³/mol. The molecule has 0 spiro atoms. The summed E-state index contributed by atoms with van der Waals surface area (Å²) in [6.45, 7) is 4.70. The van der Waals surface area contributed by atoms with E-state index in [2.05, 4.69) is 231 Å². The predicted octanol–water partition coefficient (Wildman–Crippen LogP) is 15.9. The highest BCUT2D eigenvalue weighted by molar-refractivity contribution is 6.14. The van der Waals surface area contributed by atoms with Crippen molar-refractivity contribution in [3.8, 4) is 44.5 Å². The summed E-state index contributed by atoms with van der Waals surface area (Å²) in [5.74, 6) is 0. The first-order valence-electron chi connectivity index (χ1n) is 20.3. The second kappa shape index (κ2) is 13.5. The molecule has 0 heterocycles. The fraction of sp³-hybridized carbons (Fsp3) is 0.0526. The molecule has 0 saturated carbocycles. The standard InChI is InChI=1S/C57H41N/c1-57(2)53-23-13-12-21-50(53)51-35-29-42(36-54(51)57)38-24-30-44(31-25-38)58(55-37-43-17-7-8-18-46(43)49-20-10-11-22-52(49)55)45-32-26-40(27-33-45)48-34-28-39-14-6-9-19-47(39)56(48)41-15-4-3-5-16-41/h3-37H,1-2H3. The van der Waals surface area contributed by atoms with E-state index in [-0.39, 0.29) is 5.41 Å². The van der Waals surface area contributed by atoms with E-state index in [1.807, 2.05) is 0 Å². The van der Waals surface area contributed by atoms with Crippen molar-refractivity contribution >= 4 is 49.4 Å². The van der Waals surface area contributed by atoms with Gasteiger partial charge in [0.2, 0.25) is 0 Å². The van der Waals surface area contributed by atoms with Crippen LogP contribution in [0.4, 0.5) is 17.1 Å². The maximum Gasteiger partial charge on any atom is 0.0546 e. The van der Waals surface area contributed by atoms with Gasteiger partial charge < -0.3 is 4.90 Å². The van der Waals surface area contributed by atoms with Crippen molar-refractivity contribution in [3.05, 3.63) is 223 Å². The molecule has 10 aromatic carbocycles. The molecule has 274 valence electrons. The van der Waals surface area contributed by atoms with E-state index in [1.54, 1.807) is 0 Å². The highest BCUT2D eigenvalue weighted by atomic mass is 15.1. The Morgan fingerprint density at radius 2 is 0.879 bits per heavy atom. The average molecular weight is 740 g/mol. The molecule has 1 nitrogen and oxygen atoms in total. The minimum absolute atomic E-state index is 0.0450. The van der Waals surface area contributed by atoms with Crippen LogP contribution in [0, 0.1) is 0 Å². The number of hydrogen-bond acceptors (Lipinski definition) is 1. The normalized spacial score (nSPS) is 12.8. The van der Waals surface area contributed by atoms with Gasteiger partial charge >= 0.3 is 0 Å². The molecule has 0 bridgehead atoms. The Hall–Kier alpha value is -7.22. The first-order valence-corrected chi connectivity index (χ1v) is 20.3. The summed E-state index contributed by atoms with van der Waals surface area (Å²) >= 11 is 0. The summed E-state index contributed by atoms with van der Waals surface area (Å²) in [7, 11) is 0. The summed E-state index contributed by atoms with van der Waals surface area (Å²) in [6.07, 6.45) is 0. The number of nitrogens with zero attached hydrogens (tertiary/aromatic N) is 1. The molecule has 0 aliphatic heterocycles. The Morgan fingerprint density at radius 1 is 0.328 bits per heavy atom. The van der Waals surface area contributed by atoms with Gasteiger partial charge in [-0.2, -0.15) is 0 Å². The van der Waals surface area contributed by atoms with E-state index in [0.29, 0.717) is 0 Å². The van der Waals surface area contributed by atoms with Crippen LogP contribution in [0.15, 0.2) is 212 Å². The minimum Gasteiger partial charge on any atom is -0.310 e. The molecule has 10 aromatic rings. The third kappa shape index (κ3) is 5.46. The number of anilines is 3. The summed E-state index contributed by atoms with van der Waals surface area (Å²) in [5.41, 5.74) is 16.2. The minimum atomic E-state index is -0.0450. The molecule has 0 atom stereocenters. The Balaban J connectivity index is 1.05. The van der Waals surface area contributed by atoms with Crippen molar-refractivity contribution in [1.82, 2.24) is 0 Å². The first kappa shape index (κ1) is 34.1. The molecule has 11 rings (SSSR count). The van der Waals surface area contributed by atoms with Gasteiger partial charge in [-0.15, -0.1) is 0 Å².